The Morgan fingerprint density at radius 2 is 1.83 bits per heavy atom. The summed E-state index contributed by atoms with van der Waals surface area (Å²) < 4.78 is 0. The second-order valence-corrected chi connectivity index (χ2v) is 4.35. The third kappa shape index (κ3) is 3.02. The molecule has 2 rings (SSSR count). The smallest absolute Gasteiger partial charge is 0.242 e. The van der Waals surface area contributed by atoms with Crippen molar-refractivity contribution in [2.45, 2.75) is 10.3 Å². The Bertz CT molecular complexity index is 517. The molecule has 94 valence electrons. The predicted molar refractivity (Wildman–Crippen MR) is 68.1 cm³/mol. The minimum atomic E-state index is 0.298. The number of nitrogens with zero attached hydrogens (tertiary/aromatic N) is 6. The number of nitrogens with two attached hydrogens (primary N) is 1. The Labute approximate surface area is 108 Å². The van der Waals surface area contributed by atoms with E-state index in [1.807, 2.05) is 14.1 Å². The summed E-state index contributed by atoms with van der Waals surface area (Å²) in [6.07, 6.45) is 3.32. The van der Waals surface area contributed by atoms with Crippen molar-refractivity contribution in [1.29, 1.82) is 0 Å². The molecule has 0 saturated carbocycles. The Balaban J connectivity index is 2.30. The molecule has 18 heavy (non-hydrogen) atoms. The van der Waals surface area contributed by atoms with Crippen LogP contribution >= 0.6 is 11.8 Å². The molecule has 0 bridgehead atoms. The van der Waals surface area contributed by atoms with Crippen LogP contribution in [0.25, 0.3) is 0 Å². The molecule has 2 heterocycles. The molecule has 0 radical (unpaired) electrons. The van der Waals surface area contributed by atoms with Crippen LogP contribution in [0.2, 0.25) is 0 Å². The molecular weight excluding hydrogens is 252 g/mol. The second kappa shape index (κ2) is 5.56. The molecule has 0 unspecified atom stereocenters. The van der Waals surface area contributed by atoms with E-state index in [2.05, 4.69) is 30.3 Å². The molecule has 0 aliphatic rings. The Morgan fingerprint density at radius 1 is 1.11 bits per heavy atom. The van der Waals surface area contributed by atoms with E-state index < -0.39 is 0 Å². The van der Waals surface area contributed by atoms with Crippen LogP contribution in [0.5, 0.6) is 0 Å². The SMILES string of the molecule is CN(C)c1nc(NN)nc(Sc2ncccn2)n1. The lowest BCUT2D eigenvalue weighted by Gasteiger charge is -2.11. The number of nitrogens with one attached hydrogen (secondary N) is 1. The summed E-state index contributed by atoms with van der Waals surface area (Å²) >= 11 is 1.24. The number of hydrazine groups is 1. The molecule has 9 heteroatoms. The van der Waals surface area contributed by atoms with Crippen LogP contribution in [0.4, 0.5) is 11.9 Å². The third-order valence-corrected chi connectivity index (χ3v) is 2.62. The molecule has 0 spiro atoms. The molecule has 0 aromatic carbocycles. The highest BCUT2D eigenvalue weighted by molar-refractivity contribution is 7.99. The Morgan fingerprint density at radius 3 is 2.44 bits per heavy atom. The van der Waals surface area contributed by atoms with Gasteiger partial charge in [0.2, 0.25) is 17.1 Å². The molecule has 0 fully saturated rings. The van der Waals surface area contributed by atoms with Crippen molar-refractivity contribution < 1.29 is 0 Å². The fourth-order valence-corrected chi connectivity index (χ4v) is 1.73. The summed E-state index contributed by atoms with van der Waals surface area (Å²) in [6.45, 7) is 0. The van der Waals surface area contributed by atoms with Gasteiger partial charge in [0.1, 0.15) is 0 Å². The molecule has 0 aliphatic carbocycles. The number of aromatic nitrogens is 5. The van der Waals surface area contributed by atoms with Gasteiger partial charge in [-0.15, -0.1) is 0 Å². The summed E-state index contributed by atoms with van der Waals surface area (Å²) in [7, 11) is 3.67. The third-order valence-electron chi connectivity index (χ3n) is 1.86. The number of anilines is 2. The first-order valence-corrected chi connectivity index (χ1v) is 5.85. The maximum atomic E-state index is 5.32. The van der Waals surface area contributed by atoms with Crippen molar-refractivity contribution in [3.8, 4) is 0 Å². The first-order valence-electron chi connectivity index (χ1n) is 5.04. The lowest BCUT2D eigenvalue weighted by atomic mass is 10.7. The lowest BCUT2D eigenvalue weighted by Crippen LogP contribution is -2.17. The van der Waals surface area contributed by atoms with Gasteiger partial charge in [-0.05, 0) is 17.8 Å². The molecule has 2 aromatic heterocycles. The Hall–Kier alpha value is -2.00. The molecule has 0 atom stereocenters. The van der Waals surface area contributed by atoms with Gasteiger partial charge in [-0.25, -0.2) is 15.8 Å². The van der Waals surface area contributed by atoms with E-state index in [-0.39, 0.29) is 0 Å². The summed E-state index contributed by atoms with van der Waals surface area (Å²) in [5.74, 6) is 6.13. The van der Waals surface area contributed by atoms with Crippen molar-refractivity contribution in [2.75, 3.05) is 24.4 Å². The van der Waals surface area contributed by atoms with Gasteiger partial charge in [-0.3, -0.25) is 5.43 Å². The molecule has 0 saturated heterocycles. The molecule has 2 aromatic rings. The van der Waals surface area contributed by atoms with E-state index >= 15 is 0 Å². The first-order chi connectivity index (χ1) is 8.69. The number of hydrogen-bond acceptors (Lipinski definition) is 9. The lowest BCUT2D eigenvalue weighted by molar-refractivity contribution is 0.858. The minimum absolute atomic E-state index is 0.298. The molecular formula is C9H12N8S. The quantitative estimate of drug-likeness (QED) is 0.454. The highest BCUT2D eigenvalue weighted by atomic mass is 32.2. The summed E-state index contributed by atoms with van der Waals surface area (Å²) in [6, 6.07) is 1.75. The van der Waals surface area contributed by atoms with E-state index in [1.165, 1.54) is 11.8 Å². The Kier molecular flexibility index (Phi) is 3.85. The van der Waals surface area contributed by atoms with Crippen molar-refractivity contribution in [3.63, 3.8) is 0 Å². The van der Waals surface area contributed by atoms with Crippen LogP contribution in [0.1, 0.15) is 0 Å². The standard InChI is InChI=1S/C9H12N8S/c1-17(2)7-13-6(16-10)14-9(15-7)18-8-11-4-3-5-12-8/h3-5H,10H2,1-2H3,(H,13,14,15,16). The molecule has 3 N–H and O–H groups in total. The summed E-state index contributed by atoms with van der Waals surface area (Å²) in [5.41, 5.74) is 2.41. The van der Waals surface area contributed by atoms with Crippen LogP contribution in [0, 0.1) is 0 Å². The van der Waals surface area contributed by atoms with Crippen LogP contribution in [0.15, 0.2) is 28.8 Å². The number of hydrogen-bond donors (Lipinski definition) is 2. The van der Waals surface area contributed by atoms with E-state index in [0.29, 0.717) is 22.2 Å². The fourth-order valence-electron chi connectivity index (χ4n) is 1.08. The van der Waals surface area contributed by atoms with Gasteiger partial charge in [-0.2, -0.15) is 15.0 Å². The van der Waals surface area contributed by atoms with Gasteiger partial charge < -0.3 is 4.90 Å². The fraction of sp³-hybridized carbons (Fsp3) is 0.222. The molecule has 0 aliphatic heterocycles. The van der Waals surface area contributed by atoms with Crippen molar-refractivity contribution in [1.82, 2.24) is 24.9 Å². The van der Waals surface area contributed by atoms with Gasteiger partial charge in [0.25, 0.3) is 0 Å². The zero-order valence-electron chi connectivity index (χ0n) is 9.90. The normalized spacial score (nSPS) is 10.2. The summed E-state index contributed by atoms with van der Waals surface area (Å²) in [4.78, 5) is 22.4. The predicted octanol–water partition coefficient (Wildman–Crippen LogP) is 0.164. The van der Waals surface area contributed by atoms with Crippen LogP contribution in [-0.4, -0.2) is 39.0 Å². The average molecular weight is 264 g/mol. The minimum Gasteiger partial charge on any atom is -0.347 e. The topological polar surface area (TPSA) is 106 Å². The largest absolute Gasteiger partial charge is 0.347 e. The van der Waals surface area contributed by atoms with Gasteiger partial charge in [-0.1, -0.05) is 0 Å². The van der Waals surface area contributed by atoms with Crippen molar-refractivity contribution in [3.05, 3.63) is 18.5 Å². The highest BCUT2D eigenvalue weighted by Gasteiger charge is 2.09. The second-order valence-electron chi connectivity index (χ2n) is 3.41. The maximum absolute atomic E-state index is 5.32. The van der Waals surface area contributed by atoms with Crippen LogP contribution in [0.3, 0.4) is 0 Å². The zero-order valence-corrected chi connectivity index (χ0v) is 10.7. The van der Waals surface area contributed by atoms with Gasteiger partial charge >= 0.3 is 0 Å². The van der Waals surface area contributed by atoms with Gasteiger partial charge in [0.05, 0.1) is 0 Å². The van der Waals surface area contributed by atoms with Gasteiger partial charge in [0, 0.05) is 26.5 Å². The van der Waals surface area contributed by atoms with Crippen LogP contribution in [-0.2, 0) is 0 Å². The number of nitrogen functional groups attached to an aromatic ring is 1. The average Bonchev–Trinajstić information content (AvgIpc) is 2.39. The van der Waals surface area contributed by atoms with E-state index in [0.717, 1.165) is 0 Å². The van der Waals surface area contributed by atoms with Crippen molar-refractivity contribution in [2.24, 2.45) is 5.84 Å². The van der Waals surface area contributed by atoms with Crippen molar-refractivity contribution >= 4 is 23.7 Å². The number of rotatable bonds is 4. The van der Waals surface area contributed by atoms with E-state index in [1.54, 1.807) is 23.4 Å². The zero-order chi connectivity index (χ0) is 13.0. The monoisotopic (exact) mass is 264 g/mol. The van der Waals surface area contributed by atoms with Gasteiger partial charge in [0.15, 0.2) is 5.16 Å². The van der Waals surface area contributed by atoms with E-state index in [9.17, 15) is 0 Å². The highest BCUT2D eigenvalue weighted by Crippen LogP contribution is 2.22. The maximum Gasteiger partial charge on any atom is 0.242 e. The first kappa shape index (κ1) is 12.5. The van der Waals surface area contributed by atoms with E-state index in [4.69, 9.17) is 5.84 Å². The summed E-state index contributed by atoms with van der Waals surface area (Å²) in [5, 5.41) is 1.05. The molecule has 8 nitrogen and oxygen atoms in total. The van der Waals surface area contributed by atoms with Crippen LogP contribution < -0.4 is 16.2 Å². The molecule has 0 amide bonds.